The first kappa shape index (κ1) is 15.0. The van der Waals surface area contributed by atoms with Crippen LogP contribution in [0.2, 0.25) is 0 Å². The van der Waals surface area contributed by atoms with Crippen molar-refractivity contribution in [2.24, 2.45) is 5.92 Å². The van der Waals surface area contributed by atoms with Gasteiger partial charge in [-0.1, -0.05) is 30.3 Å². The molecule has 0 aromatic heterocycles. The number of hydrogen-bond acceptors (Lipinski definition) is 2. The van der Waals surface area contributed by atoms with Crippen molar-refractivity contribution in [2.75, 3.05) is 27.2 Å². The smallest absolute Gasteiger partial charge is 0.239 e. The monoisotopic (exact) mass is 274 g/mol. The Morgan fingerprint density at radius 1 is 1.25 bits per heavy atom. The van der Waals surface area contributed by atoms with E-state index in [0.717, 1.165) is 19.0 Å². The van der Waals surface area contributed by atoms with Gasteiger partial charge in [0.15, 0.2) is 0 Å². The largest absolute Gasteiger partial charge is 0.347 e. The second kappa shape index (κ2) is 6.89. The van der Waals surface area contributed by atoms with Crippen LogP contribution in [0.25, 0.3) is 0 Å². The number of carbonyl (C=O) groups excluding carboxylic acids is 1. The van der Waals surface area contributed by atoms with Gasteiger partial charge in [-0.05, 0) is 50.8 Å². The van der Waals surface area contributed by atoms with Crippen LogP contribution in [-0.4, -0.2) is 48.9 Å². The van der Waals surface area contributed by atoms with E-state index in [2.05, 4.69) is 35.2 Å². The molecule has 1 fully saturated rings. The summed E-state index contributed by atoms with van der Waals surface area (Å²) in [6.07, 6.45) is 3.56. The molecule has 3 nitrogen and oxygen atoms in total. The van der Waals surface area contributed by atoms with Crippen molar-refractivity contribution < 1.29 is 4.79 Å². The Labute approximate surface area is 122 Å². The van der Waals surface area contributed by atoms with E-state index in [0.29, 0.717) is 0 Å². The topological polar surface area (TPSA) is 23.6 Å². The Bertz CT molecular complexity index is 422. The van der Waals surface area contributed by atoms with Gasteiger partial charge >= 0.3 is 0 Å². The molecule has 1 aromatic rings. The second-order valence-electron chi connectivity index (χ2n) is 6.08. The molecule has 1 unspecified atom stereocenters. The number of piperidine rings is 1. The molecule has 0 bridgehead atoms. The van der Waals surface area contributed by atoms with E-state index in [1.807, 2.05) is 21.0 Å². The summed E-state index contributed by atoms with van der Waals surface area (Å²) in [6, 6.07) is 10.7. The molecule has 1 amide bonds. The van der Waals surface area contributed by atoms with Gasteiger partial charge in [0, 0.05) is 14.1 Å². The van der Waals surface area contributed by atoms with Crippen LogP contribution in [0.5, 0.6) is 0 Å². The molecule has 0 saturated carbocycles. The molecule has 20 heavy (non-hydrogen) atoms. The summed E-state index contributed by atoms with van der Waals surface area (Å²) in [4.78, 5) is 16.0. The van der Waals surface area contributed by atoms with Gasteiger partial charge in [-0.25, -0.2) is 0 Å². The van der Waals surface area contributed by atoms with E-state index in [1.165, 1.54) is 24.8 Å². The van der Waals surface area contributed by atoms with Gasteiger partial charge in [0.05, 0.1) is 6.04 Å². The summed E-state index contributed by atoms with van der Waals surface area (Å²) in [7, 11) is 3.67. The SMILES string of the molecule is CC(C(=O)N(C)C)N1CCC(Cc2ccccc2)CC1. The zero-order valence-electron chi connectivity index (χ0n) is 12.9. The molecule has 1 aliphatic rings. The van der Waals surface area contributed by atoms with Gasteiger partial charge in [-0.2, -0.15) is 0 Å². The van der Waals surface area contributed by atoms with Gasteiger partial charge < -0.3 is 4.90 Å². The quantitative estimate of drug-likeness (QED) is 0.842. The first-order valence-electron chi connectivity index (χ1n) is 7.57. The Morgan fingerprint density at radius 2 is 1.85 bits per heavy atom. The molecule has 1 saturated heterocycles. The Balaban J connectivity index is 1.82. The van der Waals surface area contributed by atoms with Gasteiger partial charge in [-0.3, -0.25) is 9.69 Å². The van der Waals surface area contributed by atoms with E-state index in [4.69, 9.17) is 0 Å². The van der Waals surface area contributed by atoms with Crippen molar-refractivity contribution in [3.8, 4) is 0 Å². The van der Waals surface area contributed by atoms with Crippen molar-refractivity contribution in [1.82, 2.24) is 9.80 Å². The summed E-state index contributed by atoms with van der Waals surface area (Å²) in [5, 5.41) is 0. The average Bonchev–Trinajstić information content (AvgIpc) is 2.47. The molecule has 0 aliphatic carbocycles. The van der Waals surface area contributed by atoms with Crippen LogP contribution in [-0.2, 0) is 11.2 Å². The number of likely N-dealkylation sites (N-methyl/N-ethyl adjacent to an activating group) is 1. The molecule has 0 spiro atoms. The molecule has 1 atom stereocenters. The maximum Gasteiger partial charge on any atom is 0.239 e. The van der Waals surface area contributed by atoms with E-state index >= 15 is 0 Å². The lowest BCUT2D eigenvalue weighted by atomic mass is 9.89. The third-order valence-electron chi connectivity index (χ3n) is 4.36. The number of hydrogen-bond donors (Lipinski definition) is 0. The number of benzene rings is 1. The molecule has 3 heteroatoms. The maximum atomic E-state index is 12.0. The Morgan fingerprint density at radius 3 is 2.40 bits per heavy atom. The number of carbonyl (C=O) groups is 1. The first-order chi connectivity index (χ1) is 9.58. The van der Waals surface area contributed by atoms with Crippen LogP contribution in [0.3, 0.4) is 0 Å². The summed E-state index contributed by atoms with van der Waals surface area (Å²) in [5.41, 5.74) is 1.43. The summed E-state index contributed by atoms with van der Waals surface area (Å²) in [5.74, 6) is 0.974. The van der Waals surface area contributed by atoms with Gasteiger partial charge in [0.25, 0.3) is 0 Å². The van der Waals surface area contributed by atoms with Crippen LogP contribution >= 0.6 is 0 Å². The first-order valence-corrected chi connectivity index (χ1v) is 7.57. The van der Waals surface area contributed by atoms with E-state index in [-0.39, 0.29) is 11.9 Å². The average molecular weight is 274 g/mol. The minimum Gasteiger partial charge on any atom is -0.347 e. The summed E-state index contributed by atoms with van der Waals surface area (Å²) >= 11 is 0. The Hall–Kier alpha value is -1.35. The van der Waals surface area contributed by atoms with Crippen molar-refractivity contribution in [1.29, 1.82) is 0 Å². The van der Waals surface area contributed by atoms with E-state index in [1.54, 1.807) is 4.90 Å². The summed E-state index contributed by atoms with van der Waals surface area (Å²) in [6.45, 7) is 4.11. The minimum atomic E-state index is 0.0164. The predicted molar refractivity (Wildman–Crippen MR) is 82.6 cm³/mol. The molecular weight excluding hydrogens is 248 g/mol. The van der Waals surface area contributed by atoms with Gasteiger partial charge in [0.2, 0.25) is 5.91 Å². The normalized spacial score (nSPS) is 18.8. The lowest BCUT2D eigenvalue weighted by Crippen LogP contribution is -2.48. The fourth-order valence-corrected chi connectivity index (χ4v) is 3.02. The highest BCUT2D eigenvalue weighted by Gasteiger charge is 2.27. The number of likely N-dealkylation sites (tertiary alicyclic amines) is 1. The van der Waals surface area contributed by atoms with Crippen LogP contribution in [0.15, 0.2) is 30.3 Å². The lowest BCUT2D eigenvalue weighted by Gasteiger charge is -2.36. The third kappa shape index (κ3) is 3.83. The zero-order chi connectivity index (χ0) is 14.5. The van der Waals surface area contributed by atoms with Crippen LogP contribution in [0.1, 0.15) is 25.3 Å². The highest BCUT2D eigenvalue weighted by molar-refractivity contribution is 5.80. The molecule has 1 heterocycles. The fraction of sp³-hybridized carbons (Fsp3) is 0.588. The van der Waals surface area contributed by atoms with Crippen molar-refractivity contribution >= 4 is 5.91 Å². The number of nitrogens with zero attached hydrogens (tertiary/aromatic N) is 2. The minimum absolute atomic E-state index is 0.0164. The van der Waals surface area contributed by atoms with Gasteiger partial charge in [0.1, 0.15) is 0 Å². The van der Waals surface area contributed by atoms with Crippen molar-refractivity contribution in [3.63, 3.8) is 0 Å². The van der Waals surface area contributed by atoms with Crippen molar-refractivity contribution in [2.45, 2.75) is 32.2 Å². The second-order valence-corrected chi connectivity index (χ2v) is 6.08. The fourth-order valence-electron chi connectivity index (χ4n) is 3.02. The van der Waals surface area contributed by atoms with Crippen LogP contribution < -0.4 is 0 Å². The zero-order valence-corrected chi connectivity index (χ0v) is 12.9. The third-order valence-corrected chi connectivity index (χ3v) is 4.36. The predicted octanol–water partition coefficient (Wildman–Crippen LogP) is 2.42. The molecule has 1 aromatic carbocycles. The summed E-state index contributed by atoms with van der Waals surface area (Å²) < 4.78 is 0. The number of rotatable bonds is 4. The van der Waals surface area contributed by atoms with Gasteiger partial charge in [-0.15, -0.1) is 0 Å². The Kier molecular flexibility index (Phi) is 5.18. The maximum absolute atomic E-state index is 12.0. The van der Waals surface area contributed by atoms with E-state index < -0.39 is 0 Å². The highest BCUT2D eigenvalue weighted by Crippen LogP contribution is 2.23. The molecular formula is C17H26N2O. The molecule has 1 aliphatic heterocycles. The molecule has 2 rings (SSSR count). The standard InChI is InChI=1S/C17H26N2O/c1-14(17(20)18(2)3)19-11-9-16(10-12-19)13-15-7-5-4-6-8-15/h4-8,14,16H,9-13H2,1-3H3. The molecule has 110 valence electrons. The van der Waals surface area contributed by atoms with E-state index in [9.17, 15) is 4.79 Å². The highest BCUT2D eigenvalue weighted by atomic mass is 16.2. The number of amides is 1. The van der Waals surface area contributed by atoms with Crippen LogP contribution in [0, 0.1) is 5.92 Å². The van der Waals surface area contributed by atoms with Crippen molar-refractivity contribution in [3.05, 3.63) is 35.9 Å². The van der Waals surface area contributed by atoms with Crippen LogP contribution in [0.4, 0.5) is 0 Å². The molecule has 0 N–H and O–H groups in total. The molecule has 0 radical (unpaired) electrons. The lowest BCUT2D eigenvalue weighted by molar-refractivity contribution is -0.134.